The maximum atomic E-state index is 12.0. The zero-order valence-electron chi connectivity index (χ0n) is 6.85. The summed E-state index contributed by atoms with van der Waals surface area (Å²) in [5, 5.41) is 0.325. The predicted octanol–water partition coefficient (Wildman–Crippen LogP) is 3.10. The van der Waals surface area contributed by atoms with E-state index in [1.807, 2.05) is 0 Å². The molecule has 1 rings (SSSR count). The van der Waals surface area contributed by atoms with Gasteiger partial charge in [-0.25, -0.2) is 8.78 Å². The number of carbonyl (C=O) groups excluding carboxylic acids is 1. The quantitative estimate of drug-likeness (QED) is 0.677. The van der Waals surface area contributed by atoms with Crippen molar-refractivity contribution in [2.75, 3.05) is 0 Å². The van der Waals surface area contributed by atoms with E-state index in [0.29, 0.717) is 10.6 Å². The Hall–Kier alpha value is -0.960. The number of benzene rings is 1. The lowest BCUT2D eigenvalue weighted by Gasteiger charge is -2.04. The van der Waals surface area contributed by atoms with Crippen LogP contribution in [0.15, 0.2) is 18.2 Å². The van der Waals surface area contributed by atoms with Gasteiger partial charge in [-0.2, -0.15) is 0 Å². The maximum absolute atomic E-state index is 12.0. The van der Waals surface area contributed by atoms with Gasteiger partial charge >= 0.3 is 6.43 Å². The van der Waals surface area contributed by atoms with Crippen molar-refractivity contribution in [3.8, 4) is 0 Å². The Morgan fingerprint density at radius 3 is 2.62 bits per heavy atom. The van der Waals surface area contributed by atoms with Crippen LogP contribution in [-0.4, -0.2) is 12.2 Å². The third kappa shape index (κ3) is 2.04. The van der Waals surface area contributed by atoms with Crippen LogP contribution in [-0.2, 0) is 0 Å². The van der Waals surface area contributed by atoms with Crippen LogP contribution in [0.4, 0.5) is 8.78 Å². The van der Waals surface area contributed by atoms with Crippen molar-refractivity contribution in [3.63, 3.8) is 0 Å². The zero-order valence-corrected chi connectivity index (χ0v) is 7.61. The molecule has 70 valence electrons. The van der Waals surface area contributed by atoms with Gasteiger partial charge in [0.1, 0.15) is 0 Å². The summed E-state index contributed by atoms with van der Waals surface area (Å²) in [5.74, 6) is -1.18. The van der Waals surface area contributed by atoms with Gasteiger partial charge in [0, 0.05) is 10.6 Å². The minimum absolute atomic E-state index is 0.0116. The molecule has 0 aliphatic carbocycles. The Balaban J connectivity index is 3.15. The van der Waals surface area contributed by atoms with Crippen molar-refractivity contribution in [2.24, 2.45) is 0 Å². The van der Waals surface area contributed by atoms with Crippen LogP contribution in [0.5, 0.6) is 0 Å². The van der Waals surface area contributed by atoms with Crippen molar-refractivity contribution >= 4 is 17.4 Å². The first kappa shape index (κ1) is 10.1. The van der Waals surface area contributed by atoms with E-state index in [0.717, 1.165) is 0 Å². The molecule has 0 saturated carbocycles. The summed E-state index contributed by atoms with van der Waals surface area (Å²) in [4.78, 5) is 10.9. The second-order valence-electron chi connectivity index (χ2n) is 2.58. The summed E-state index contributed by atoms with van der Waals surface area (Å²) in [5.41, 5.74) is 0.386. The molecule has 0 heterocycles. The molecule has 13 heavy (non-hydrogen) atoms. The van der Waals surface area contributed by atoms with E-state index in [4.69, 9.17) is 11.6 Å². The van der Waals surface area contributed by atoms with Gasteiger partial charge in [0.25, 0.3) is 0 Å². The fourth-order valence-corrected chi connectivity index (χ4v) is 1.17. The van der Waals surface area contributed by atoms with Gasteiger partial charge in [0.05, 0.1) is 0 Å². The first-order valence-electron chi connectivity index (χ1n) is 3.61. The topological polar surface area (TPSA) is 17.1 Å². The first-order valence-corrected chi connectivity index (χ1v) is 3.99. The van der Waals surface area contributed by atoms with Crippen LogP contribution in [0, 0.1) is 6.92 Å². The van der Waals surface area contributed by atoms with Crippen molar-refractivity contribution in [1.29, 1.82) is 0 Å². The summed E-state index contributed by atoms with van der Waals surface area (Å²) in [6, 6.07) is 4.37. The van der Waals surface area contributed by atoms with Crippen molar-refractivity contribution in [3.05, 3.63) is 34.3 Å². The van der Waals surface area contributed by atoms with Gasteiger partial charge in [-0.15, -0.1) is 0 Å². The van der Waals surface area contributed by atoms with Crippen LogP contribution in [0.25, 0.3) is 0 Å². The molecular weight excluding hydrogens is 198 g/mol. The lowest BCUT2D eigenvalue weighted by Crippen LogP contribution is -2.11. The van der Waals surface area contributed by atoms with E-state index >= 15 is 0 Å². The predicted molar refractivity (Wildman–Crippen MR) is 46.5 cm³/mol. The van der Waals surface area contributed by atoms with Gasteiger partial charge in [0.2, 0.25) is 5.78 Å². The second-order valence-corrected chi connectivity index (χ2v) is 2.98. The number of hydrogen-bond acceptors (Lipinski definition) is 1. The third-order valence-electron chi connectivity index (χ3n) is 1.73. The summed E-state index contributed by atoms with van der Waals surface area (Å²) >= 11 is 5.67. The van der Waals surface area contributed by atoms with Gasteiger partial charge in [-0.05, 0) is 18.6 Å². The van der Waals surface area contributed by atoms with Crippen LogP contribution in [0.2, 0.25) is 5.02 Å². The minimum Gasteiger partial charge on any atom is -0.288 e. The van der Waals surface area contributed by atoms with Gasteiger partial charge in [-0.3, -0.25) is 4.79 Å². The van der Waals surface area contributed by atoms with E-state index in [1.165, 1.54) is 19.1 Å². The normalized spacial score (nSPS) is 10.5. The van der Waals surface area contributed by atoms with Crippen LogP contribution in [0.3, 0.4) is 0 Å². The fourth-order valence-electron chi connectivity index (χ4n) is 0.992. The largest absolute Gasteiger partial charge is 0.300 e. The second kappa shape index (κ2) is 3.83. The number of Topliss-reactive ketones (excluding diaryl/α,β-unsaturated/α-hetero) is 1. The van der Waals surface area contributed by atoms with E-state index in [9.17, 15) is 13.6 Å². The van der Waals surface area contributed by atoms with Gasteiger partial charge in [0.15, 0.2) is 0 Å². The number of rotatable bonds is 2. The Morgan fingerprint density at radius 1 is 1.46 bits per heavy atom. The molecule has 0 radical (unpaired) electrons. The number of hydrogen-bond donors (Lipinski definition) is 0. The number of halogens is 3. The van der Waals surface area contributed by atoms with E-state index < -0.39 is 12.2 Å². The summed E-state index contributed by atoms with van der Waals surface area (Å²) in [6.07, 6.45) is -2.97. The Kier molecular flexibility index (Phi) is 2.98. The van der Waals surface area contributed by atoms with E-state index in [1.54, 1.807) is 6.07 Å². The Labute approximate surface area is 79.3 Å². The van der Waals surface area contributed by atoms with Crippen LogP contribution in [0.1, 0.15) is 15.9 Å². The smallest absolute Gasteiger partial charge is 0.288 e. The molecule has 4 heteroatoms. The minimum atomic E-state index is -2.97. The van der Waals surface area contributed by atoms with Crippen LogP contribution < -0.4 is 0 Å². The zero-order chi connectivity index (χ0) is 10.0. The highest BCUT2D eigenvalue weighted by molar-refractivity contribution is 6.31. The monoisotopic (exact) mass is 204 g/mol. The molecule has 0 spiro atoms. The molecule has 0 fully saturated rings. The molecule has 0 aliphatic heterocycles. The first-order chi connectivity index (χ1) is 6.04. The standard InChI is InChI=1S/C9H7ClF2O/c1-5-6(8(13)9(11)12)3-2-4-7(5)10/h2-4,9H,1H3. The number of carbonyl (C=O) groups is 1. The third-order valence-corrected chi connectivity index (χ3v) is 2.14. The SMILES string of the molecule is Cc1c(Cl)cccc1C(=O)C(F)F. The fraction of sp³-hybridized carbons (Fsp3) is 0.222. The molecule has 0 atom stereocenters. The highest BCUT2D eigenvalue weighted by Gasteiger charge is 2.20. The summed E-state index contributed by atoms with van der Waals surface area (Å²) < 4.78 is 24.1. The molecule has 1 aromatic carbocycles. The molecule has 1 aromatic rings. The lowest BCUT2D eigenvalue weighted by atomic mass is 10.1. The molecule has 0 aliphatic rings. The van der Waals surface area contributed by atoms with Gasteiger partial charge in [-0.1, -0.05) is 23.7 Å². The van der Waals surface area contributed by atoms with Crippen molar-refractivity contribution in [2.45, 2.75) is 13.3 Å². The molecular formula is C9H7ClF2O. The summed E-state index contributed by atoms with van der Waals surface area (Å²) in [6.45, 7) is 1.54. The average Bonchev–Trinajstić information content (AvgIpc) is 2.08. The van der Waals surface area contributed by atoms with E-state index in [2.05, 4.69) is 0 Å². The molecule has 0 bridgehead atoms. The molecule has 0 amide bonds. The Morgan fingerprint density at radius 2 is 2.08 bits per heavy atom. The molecule has 1 nitrogen and oxygen atoms in total. The number of alkyl halides is 2. The van der Waals surface area contributed by atoms with Gasteiger partial charge < -0.3 is 0 Å². The average molecular weight is 205 g/mol. The molecule has 0 N–H and O–H groups in total. The Bertz CT molecular complexity index is 336. The van der Waals surface area contributed by atoms with E-state index in [-0.39, 0.29) is 5.56 Å². The van der Waals surface area contributed by atoms with Crippen molar-refractivity contribution < 1.29 is 13.6 Å². The van der Waals surface area contributed by atoms with Crippen molar-refractivity contribution in [1.82, 2.24) is 0 Å². The summed E-state index contributed by atoms with van der Waals surface area (Å²) in [7, 11) is 0. The highest BCUT2D eigenvalue weighted by Crippen LogP contribution is 2.20. The molecule has 0 saturated heterocycles. The maximum Gasteiger partial charge on any atom is 0.300 e. The highest BCUT2D eigenvalue weighted by atomic mass is 35.5. The number of ketones is 1. The molecule has 0 aromatic heterocycles. The lowest BCUT2D eigenvalue weighted by molar-refractivity contribution is 0.0678. The molecule has 0 unspecified atom stereocenters. The van der Waals surface area contributed by atoms with Crippen LogP contribution >= 0.6 is 11.6 Å².